The molecule has 0 unspecified atom stereocenters. The Hall–Kier alpha value is -1.47. The second kappa shape index (κ2) is 7.00. The van der Waals surface area contributed by atoms with Gasteiger partial charge >= 0.3 is 5.00 Å². The summed E-state index contributed by atoms with van der Waals surface area (Å²) in [6.07, 6.45) is 4.57. The lowest BCUT2D eigenvalue weighted by molar-refractivity contribution is -0.380. The minimum Gasteiger partial charge on any atom is -0.336 e. The van der Waals surface area contributed by atoms with Crippen LogP contribution in [0.1, 0.15) is 49.4 Å². The molecule has 2 N–H and O–H groups in total. The van der Waals surface area contributed by atoms with Crippen molar-refractivity contribution < 1.29 is 9.72 Å². The fraction of sp³-hybridized carbons (Fsp3) is 0.643. The van der Waals surface area contributed by atoms with Gasteiger partial charge in [0.2, 0.25) is 0 Å². The van der Waals surface area contributed by atoms with Crippen molar-refractivity contribution in [2.75, 3.05) is 6.54 Å². The first-order valence-electron chi connectivity index (χ1n) is 7.32. The van der Waals surface area contributed by atoms with Gasteiger partial charge in [0.15, 0.2) is 0 Å². The summed E-state index contributed by atoms with van der Waals surface area (Å²) < 4.78 is 0. The zero-order chi connectivity index (χ0) is 15.4. The summed E-state index contributed by atoms with van der Waals surface area (Å²) in [5.74, 6) is -0.0957. The smallest absolute Gasteiger partial charge is 0.324 e. The highest BCUT2D eigenvalue weighted by Gasteiger charge is 2.29. The molecule has 1 amide bonds. The first kappa shape index (κ1) is 15.9. The Kier molecular flexibility index (Phi) is 5.30. The van der Waals surface area contributed by atoms with Crippen LogP contribution in [0.15, 0.2) is 11.4 Å². The minimum atomic E-state index is -0.453. The second-order valence-corrected chi connectivity index (χ2v) is 6.39. The fourth-order valence-corrected chi connectivity index (χ4v) is 3.50. The molecule has 7 heteroatoms. The van der Waals surface area contributed by atoms with Gasteiger partial charge in [-0.1, -0.05) is 18.3 Å². The largest absolute Gasteiger partial charge is 0.336 e. The van der Waals surface area contributed by atoms with Crippen LogP contribution in [0.5, 0.6) is 0 Å². The molecule has 0 aliphatic heterocycles. The van der Waals surface area contributed by atoms with Crippen LogP contribution in [0.4, 0.5) is 5.00 Å². The van der Waals surface area contributed by atoms with Crippen molar-refractivity contribution in [2.45, 2.75) is 51.1 Å². The number of thiophene rings is 1. The fourth-order valence-electron chi connectivity index (χ4n) is 2.80. The lowest BCUT2D eigenvalue weighted by Gasteiger charge is -2.36. The number of amides is 1. The van der Waals surface area contributed by atoms with E-state index in [0.29, 0.717) is 12.1 Å². The van der Waals surface area contributed by atoms with Crippen LogP contribution in [0.2, 0.25) is 0 Å². The molecule has 1 aromatic rings. The third kappa shape index (κ3) is 3.79. The Morgan fingerprint density at radius 3 is 2.67 bits per heavy atom. The third-order valence-corrected chi connectivity index (χ3v) is 4.80. The van der Waals surface area contributed by atoms with Gasteiger partial charge in [0.1, 0.15) is 0 Å². The summed E-state index contributed by atoms with van der Waals surface area (Å²) in [7, 11) is 0. The molecular weight excluding hydrogens is 290 g/mol. The molecule has 1 saturated carbocycles. The van der Waals surface area contributed by atoms with E-state index in [1.165, 1.54) is 6.07 Å². The Morgan fingerprint density at radius 1 is 1.48 bits per heavy atom. The Bertz CT molecular complexity index is 509. The zero-order valence-corrected chi connectivity index (χ0v) is 13.0. The normalized spacial score (nSPS) is 22.0. The van der Waals surface area contributed by atoms with Crippen molar-refractivity contribution in [3.05, 3.63) is 27.1 Å². The van der Waals surface area contributed by atoms with Crippen LogP contribution < -0.4 is 5.73 Å². The SMILES string of the molecule is CCCN(C(=O)c1csc([N+](=O)[O-])c1)C1CCC(N)CC1. The average Bonchev–Trinajstić information content (AvgIpc) is 2.95. The van der Waals surface area contributed by atoms with E-state index in [1.54, 1.807) is 5.38 Å². The minimum absolute atomic E-state index is 0.0143. The number of carbonyl (C=O) groups is 1. The van der Waals surface area contributed by atoms with E-state index >= 15 is 0 Å². The topological polar surface area (TPSA) is 89.5 Å². The summed E-state index contributed by atoms with van der Waals surface area (Å²) in [5.41, 5.74) is 6.34. The number of hydrogen-bond donors (Lipinski definition) is 1. The van der Waals surface area contributed by atoms with Crippen molar-refractivity contribution in [3.63, 3.8) is 0 Å². The van der Waals surface area contributed by atoms with E-state index < -0.39 is 4.92 Å². The van der Waals surface area contributed by atoms with Gasteiger partial charge in [-0.05, 0) is 32.1 Å². The van der Waals surface area contributed by atoms with E-state index in [4.69, 9.17) is 5.73 Å². The molecule has 2 rings (SSSR count). The zero-order valence-electron chi connectivity index (χ0n) is 12.2. The number of nitrogens with two attached hydrogens (primary N) is 1. The highest BCUT2D eigenvalue weighted by Crippen LogP contribution is 2.27. The van der Waals surface area contributed by atoms with E-state index in [-0.39, 0.29) is 23.0 Å². The van der Waals surface area contributed by atoms with Crippen molar-refractivity contribution in [2.24, 2.45) is 5.73 Å². The van der Waals surface area contributed by atoms with Gasteiger partial charge in [0, 0.05) is 30.1 Å². The molecule has 6 nitrogen and oxygen atoms in total. The molecular formula is C14H21N3O3S. The van der Waals surface area contributed by atoms with Crippen LogP contribution in [-0.2, 0) is 0 Å². The van der Waals surface area contributed by atoms with Crippen molar-refractivity contribution in [1.82, 2.24) is 4.90 Å². The first-order chi connectivity index (χ1) is 10.0. The molecule has 0 saturated heterocycles. The van der Waals surface area contributed by atoms with Crippen molar-refractivity contribution >= 4 is 22.2 Å². The van der Waals surface area contributed by atoms with Gasteiger partial charge in [-0.2, -0.15) is 0 Å². The number of rotatable bonds is 5. The molecule has 21 heavy (non-hydrogen) atoms. The van der Waals surface area contributed by atoms with E-state index in [0.717, 1.165) is 43.4 Å². The summed E-state index contributed by atoms with van der Waals surface area (Å²) in [4.78, 5) is 24.8. The summed E-state index contributed by atoms with van der Waals surface area (Å²) in [5, 5.41) is 12.3. The predicted octanol–water partition coefficient (Wildman–Crippen LogP) is 2.78. The van der Waals surface area contributed by atoms with E-state index in [1.807, 2.05) is 11.8 Å². The van der Waals surface area contributed by atoms with Gasteiger partial charge < -0.3 is 10.6 Å². The Morgan fingerprint density at radius 2 is 2.14 bits per heavy atom. The lowest BCUT2D eigenvalue weighted by Crippen LogP contribution is -2.44. The number of hydrogen-bond acceptors (Lipinski definition) is 5. The first-order valence-corrected chi connectivity index (χ1v) is 8.20. The molecule has 1 aliphatic carbocycles. The Labute approximate surface area is 128 Å². The van der Waals surface area contributed by atoms with Gasteiger partial charge in [0.05, 0.1) is 10.5 Å². The molecule has 0 aromatic carbocycles. The summed E-state index contributed by atoms with van der Waals surface area (Å²) in [6, 6.07) is 1.82. The van der Waals surface area contributed by atoms with Crippen molar-refractivity contribution in [3.8, 4) is 0 Å². The van der Waals surface area contributed by atoms with Crippen molar-refractivity contribution in [1.29, 1.82) is 0 Å². The molecule has 1 heterocycles. The molecule has 0 atom stereocenters. The van der Waals surface area contributed by atoms with E-state index in [9.17, 15) is 14.9 Å². The highest BCUT2D eigenvalue weighted by molar-refractivity contribution is 7.13. The maximum absolute atomic E-state index is 12.6. The molecule has 1 aromatic heterocycles. The molecule has 116 valence electrons. The maximum atomic E-state index is 12.6. The standard InChI is InChI=1S/C14H21N3O3S/c1-2-7-16(12-5-3-11(15)4-6-12)14(18)10-8-13(17(19)20)21-9-10/h8-9,11-12H,2-7,15H2,1H3. The maximum Gasteiger partial charge on any atom is 0.324 e. The quantitative estimate of drug-likeness (QED) is 0.669. The molecule has 0 bridgehead atoms. The monoisotopic (exact) mass is 311 g/mol. The number of nitrogens with zero attached hydrogens (tertiary/aromatic N) is 2. The van der Waals surface area contributed by atoms with Crippen LogP contribution in [0.25, 0.3) is 0 Å². The van der Waals surface area contributed by atoms with Crippen LogP contribution in [0.3, 0.4) is 0 Å². The second-order valence-electron chi connectivity index (χ2n) is 5.50. The van der Waals surface area contributed by atoms with Crippen LogP contribution >= 0.6 is 11.3 Å². The number of carbonyl (C=O) groups excluding carboxylic acids is 1. The van der Waals surface area contributed by atoms with Crippen LogP contribution in [-0.4, -0.2) is 34.4 Å². The summed E-state index contributed by atoms with van der Waals surface area (Å²) >= 11 is 1.00. The average molecular weight is 311 g/mol. The molecule has 1 fully saturated rings. The number of nitro groups is 1. The van der Waals surface area contributed by atoms with E-state index in [2.05, 4.69) is 0 Å². The molecule has 1 aliphatic rings. The van der Waals surface area contributed by atoms with Gasteiger partial charge in [-0.15, -0.1) is 0 Å². The predicted molar refractivity (Wildman–Crippen MR) is 82.5 cm³/mol. The van der Waals surface area contributed by atoms with Gasteiger partial charge in [-0.25, -0.2) is 0 Å². The summed E-state index contributed by atoms with van der Waals surface area (Å²) in [6.45, 7) is 2.72. The van der Waals surface area contributed by atoms with Gasteiger partial charge in [0.25, 0.3) is 5.91 Å². The highest BCUT2D eigenvalue weighted by atomic mass is 32.1. The van der Waals surface area contributed by atoms with Crippen LogP contribution in [0, 0.1) is 10.1 Å². The lowest BCUT2D eigenvalue weighted by atomic mass is 9.90. The molecule has 0 spiro atoms. The Balaban J connectivity index is 2.12. The molecule has 0 radical (unpaired) electrons. The van der Waals surface area contributed by atoms with Gasteiger partial charge in [-0.3, -0.25) is 14.9 Å². The third-order valence-electron chi connectivity index (χ3n) is 3.92.